The maximum Gasteiger partial charge on any atom is 0.217 e. The van der Waals surface area contributed by atoms with Crippen molar-refractivity contribution in [2.75, 3.05) is 0 Å². The molecule has 0 radical (unpaired) electrons. The predicted molar refractivity (Wildman–Crippen MR) is 78.8 cm³/mol. The van der Waals surface area contributed by atoms with Gasteiger partial charge in [0.25, 0.3) is 0 Å². The Kier molecular flexibility index (Phi) is 4.77. The third kappa shape index (κ3) is 3.72. The van der Waals surface area contributed by atoms with Gasteiger partial charge in [0, 0.05) is 24.5 Å². The second kappa shape index (κ2) is 6.74. The van der Waals surface area contributed by atoms with E-state index < -0.39 is 12.0 Å². The molecule has 2 atom stereocenters. The Morgan fingerprint density at radius 1 is 1.19 bits per heavy atom. The van der Waals surface area contributed by atoms with Crippen molar-refractivity contribution in [3.05, 3.63) is 76.1 Å². The molecule has 0 saturated carbocycles. The fraction of sp³-hybridized carbons (Fsp3) is 0.250. The van der Waals surface area contributed by atoms with Crippen molar-refractivity contribution in [1.29, 1.82) is 0 Å². The molecule has 0 aliphatic rings. The second-order valence-electron chi connectivity index (χ2n) is 4.89. The van der Waals surface area contributed by atoms with Crippen LogP contribution in [0.3, 0.4) is 0 Å². The van der Waals surface area contributed by atoms with Crippen LogP contribution in [-0.4, -0.2) is 21.7 Å². The van der Waals surface area contributed by atoms with Crippen molar-refractivity contribution in [3.8, 4) is 0 Å². The van der Waals surface area contributed by atoms with E-state index in [-0.39, 0.29) is 17.1 Å². The molecular weight excluding hydrogens is 268 g/mol. The summed E-state index contributed by atoms with van der Waals surface area (Å²) in [5, 5.41) is 11.1. The van der Waals surface area contributed by atoms with Crippen LogP contribution < -0.4 is 0 Å². The molecule has 0 aliphatic heterocycles. The average molecular weight is 284 g/mol. The standard InChI is InChI=1S/C16H16N2O3/c1-12(18(20)21)14(13-7-3-2-4-8-13)11-16(19)15-9-5-6-10-17-15/h2-10,12,14H,11H2,1H3/t12-,14-/m1/s1. The molecule has 2 aromatic rings. The van der Waals surface area contributed by atoms with Crippen molar-refractivity contribution in [1.82, 2.24) is 4.98 Å². The fourth-order valence-electron chi connectivity index (χ4n) is 2.25. The summed E-state index contributed by atoms with van der Waals surface area (Å²) >= 11 is 0. The zero-order valence-corrected chi connectivity index (χ0v) is 11.7. The first kappa shape index (κ1) is 14.8. The number of Topliss-reactive ketones (excluding diaryl/α,β-unsaturated/α-hetero) is 1. The van der Waals surface area contributed by atoms with Gasteiger partial charge >= 0.3 is 0 Å². The van der Waals surface area contributed by atoms with Crippen LogP contribution in [0.5, 0.6) is 0 Å². The van der Waals surface area contributed by atoms with E-state index in [1.165, 1.54) is 6.92 Å². The molecule has 5 heteroatoms. The van der Waals surface area contributed by atoms with Gasteiger partial charge in [0.1, 0.15) is 5.69 Å². The van der Waals surface area contributed by atoms with Crippen LogP contribution in [0.4, 0.5) is 0 Å². The Labute approximate surface area is 122 Å². The van der Waals surface area contributed by atoms with Crippen molar-refractivity contribution >= 4 is 5.78 Å². The fourth-order valence-corrected chi connectivity index (χ4v) is 2.25. The molecule has 0 spiro atoms. The minimum absolute atomic E-state index is 0.0726. The quantitative estimate of drug-likeness (QED) is 0.464. The number of carbonyl (C=O) groups is 1. The van der Waals surface area contributed by atoms with Crippen LogP contribution in [0.2, 0.25) is 0 Å². The van der Waals surface area contributed by atoms with Crippen molar-refractivity contribution < 1.29 is 9.72 Å². The zero-order chi connectivity index (χ0) is 15.2. The summed E-state index contributed by atoms with van der Waals surface area (Å²) in [6.07, 6.45) is 1.62. The Hall–Kier alpha value is -2.56. The Morgan fingerprint density at radius 2 is 1.86 bits per heavy atom. The highest BCUT2D eigenvalue weighted by molar-refractivity contribution is 5.94. The average Bonchev–Trinajstić information content (AvgIpc) is 2.53. The minimum atomic E-state index is -0.833. The van der Waals surface area contributed by atoms with Gasteiger partial charge in [-0.3, -0.25) is 19.9 Å². The number of hydrogen-bond donors (Lipinski definition) is 0. The first-order valence-corrected chi connectivity index (χ1v) is 6.72. The van der Waals surface area contributed by atoms with Gasteiger partial charge in [-0.25, -0.2) is 0 Å². The largest absolute Gasteiger partial charge is 0.292 e. The van der Waals surface area contributed by atoms with Gasteiger partial charge in [-0.1, -0.05) is 36.4 Å². The number of hydrogen-bond acceptors (Lipinski definition) is 4. The monoisotopic (exact) mass is 284 g/mol. The Bertz CT molecular complexity index is 614. The van der Waals surface area contributed by atoms with E-state index in [1.807, 2.05) is 30.3 Å². The van der Waals surface area contributed by atoms with E-state index in [9.17, 15) is 14.9 Å². The van der Waals surface area contributed by atoms with Gasteiger partial charge in [0.05, 0.1) is 5.92 Å². The molecule has 0 N–H and O–H groups in total. The molecule has 1 aromatic carbocycles. The zero-order valence-electron chi connectivity index (χ0n) is 11.7. The van der Waals surface area contributed by atoms with E-state index in [0.717, 1.165) is 5.56 Å². The minimum Gasteiger partial charge on any atom is -0.292 e. The molecular formula is C16H16N2O3. The molecule has 0 saturated heterocycles. The van der Waals surface area contributed by atoms with Gasteiger partial charge in [-0.05, 0) is 17.7 Å². The summed E-state index contributed by atoms with van der Waals surface area (Å²) in [6, 6.07) is 13.4. The molecule has 0 aliphatic carbocycles. The van der Waals surface area contributed by atoms with Gasteiger partial charge in [-0.15, -0.1) is 0 Å². The smallest absolute Gasteiger partial charge is 0.217 e. The third-order valence-corrected chi connectivity index (χ3v) is 3.50. The molecule has 0 unspecified atom stereocenters. The third-order valence-electron chi connectivity index (χ3n) is 3.50. The van der Waals surface area contributed by atoms with Gasteiger partial charge in [0.15, 0.2) is 5.78 Å². The lowest BCUT2D eigenvalue weighted by molar-refractivity contribution is -0.522. The highest BCUT2D eigenvalue weighted by Crippen LogP contribution is 2.26. The van der Waals surface area contributed by atoms with Gasteiger partial charge in [0.2, 0.25) is 6.04 Å². The molecule has 0 bridgehead atoms. The Morgan fingerprint density at radius 3 is 2.43 bits per heavy atom. The molecule has 21 heavy (non-hydrogen) atoms. The summed E-state index contributed by atoms with van der Waals surface area (Å²) in [4.78, 5) is 27.0. The SMILES string of the molecule is C[C@H]([C@@H](CC(=O)c1ccccn1)c1ccccc1)[N+](=O)[O-]. The van der Waals surface area contributed by atoms with Crippen molar-refractivity contribution in [2.24, 2.45) is 0 Å². The molecule has 0 amide bonds. The summed E-state index contributed by atoms with van der Waals surface area (Å²) in [6.45, 7) is 1.53. The molecule has 0 fully saturated rings. The van der Waals surface area contributed by atoms with E-state index in [1.54, 1.807) is 24.4 Å². The van der Waals surface area contributed by atoms with E-state index in [2.05, 4.69) is 4.98 Å². The molecule has 108 valence electrons. The predicted octanol–water partition coefficient (Wildman–Crippen LogP) is 3.10. The summed E-state index contributed by atoms with van der Waals surface area (Å²) < 4.78 is 0. The second-order valence-corrected chi connectivity index (χ2v) is 4.89. The van der Waals surface area contributed by atoms with Gasteiger partial charge < -0.3 is 0 Å². The van der Waals surface area contributed by atoms with Crippen LogP contribution in [0.1, 0.15) is 35.3 Å². The molecule has 5 nitrogen and oxygen atoms in total. The first-order chi connectivity index (χ1) is 10.1. The van der Waals surface area contributed by atoms with Crippen LogP contribution >= 0.6 is 0 Å². The number of aromatic nitrogens is 1. The number of rotatable bonds is 6. The number of nitro groups is 1. The number of carbonyl (C=O) groups excluding carboxylic acids is 1. The molecule has 1 heterocycles. The lowest BCUT2D eigenvalue weighted by atomic mass is 9.87. The van der Waals surface area contributed by atoms with Crippen molar-refractivity contribution in [2.45, 2.75) is 25.3 Å². The molecule has 1 aromatic heterocycles. The van der Waals surface area contributed by atoms with Crippen molar-refractivity contribution in [3.63, 3.8) is 0 Å². The number of pyridine rings is 1. The maximum absolute atomic E-state index is 12.3. The normalized spacial score (nSPS) is 13.4. The van der Waals surface area contributed by atoms with Crippen LogP contribution in [0, 0.1) is 10.1 Å². The first-order valence-electron chi connectivity index (χ1n) is 6.72. The number of benzene rings is 1. The summed E-state index contributed by atoms with van der Waals surface area (Å²) in [7, 11) is 0. The maximum atomic E-state index is 12.3. The lowest BCUT2D eigenvalue weighted by Gasteiger charge is -2.17. The van der Waals surface area contributed by atoms with E-state index >= 15 is 0 Å². The summed E-state index contributed by atoms with van der Waals surface area (Å²) in [5.74, 6) is -0.645. The van der Waals surface area contributed by atoms with Gasteiger partial charge in [-0.2, -0.15) is 0 Å². The van der Waals surface area contributed by atoms with Crippen LogP contribution in [-0.2, 0) is 0 Å². The van der Waals surface area contributed by atoms with E-state index in [0.29, 0.717) is 5.69 Å². The highest BCUT2D eigenvalue weighted by atomic mass is 16.6. The van der Waals surface area contributed by atoms with Crippen LogP contribution in [0.15, 0.2) is 54.7 Å². The van der Waals surface area contributed by atoms with Crippen LogP contribution in [0.25, 0.3) is 0 Å². The summed E-state index contributed by atoms with van der Waals surface area (Å²) in [5.41, 5.74) is 1.14. The number of ketones is 1. The number of nitrogens with zero attached hydrogens (tertiary/aromatic N) is 2. The molecule has 2 rings (SSSR count). The topological polar surface area (TPSA) is 73.1 Å². The Balaban J connectivity index is 2.25. The van der Waals surface area contributed by atoms with E-state index in [4.69, 9.17) is 0 Å². The highest BCUT2D eigenvalue weighted by Gasteiger charge is 2.30. The lowest BCUT2D eigenvalue weighted by Crippen LogP contribution is -2.26.